The van der Waals surface area contributed by atoms with Crippen LogP contribution in [0.5, 0.6) is 11.5 Å². The van der Waals surface area contributed by atoms with Gasteiger partial charge in [-0.1, -0.05) is 24.3 Å². The van der Waals surface area contributed by atoms with Gasteiger partial charge in [0.25, 0.3) is 5.91 Å². The van der Waals surface area contributed by atoms with Crippen LogP contribution in [-0.2, 0) is 9.59 Å². The molecule has 2 aromatic carbocycles. The molecule has 1 saturated heterocycles. The molecular formula is C20H14N3O7-. The summed E-state index contributed by atoms with van der Waals surface area (Å²) in [5.74, 6) is -1.52. The first-order valence-electron chi connectivity index (χ1n) is 8.76. The van der Waals surface area contributed by atoms with Crippen LogP contribution in [0.4, 0.5) is 10.5 Å². The van der Waals surface area contributed by atoms with Crippen molar-refractivity contribution >= 4 is 35.6 Å². The molecule has 0 unspecified atom stereocenters. The zero-order valence-electron chi connectivity index (χ0n) is 15.3. The maximum absolute atomic E-state index is 12.5. The summed E-state index contributed by atoms with van der Waals surface area (Å²) in [5, 5.41) is 15.8. The number of nitrogens with one attached hydrogen (secondary N) is 2. The minimum absolute atomic E-state index is 0.0132. The Morgan fingerprint density at radius 3 is 2.57 bits per heavy atom. The second-order valence-electron chi connectivity index (χ2n) is 6.41. The number of nitrogens with zero attached hydrogens (tertiary/aromatic N) is 1. The van der Waals surface area contributed by atoms with Crippen LogP contribution in [-0.4, -0.2) is 42.1 Å². The van der Waals surface area contributed by atoms with Gasteiger partial charge < -0.3 is 30.0 Å². The van der Waals surface area contributed by atoms with Crippen molar-refractivity contribution in [2.45, 2.75) is 0 Å². The lowest BCUT2D eigenvalue weighted by Gasteiger charge is -2.12. The van der Waals surface area contributed by atoms with Crippen molar-refractivity contribution in [1.29, 1.82) is 0 Å². The van der Waals surface area contributed by atoms with E-state index in [1.165, 1.54) is 30.3 Å². The smallest absolute Gasteiger partial charge is 0.329 e. The molecule has 2 aliphatic rings. The molecule has 0 aliphatic carbocycles. The Morgan fingerprint density at radius 1 is 1.10 bits per heavy atom. The third kappa shape index (κ3) is 3.78. The minimum atomic E-state index is -1.32. The highest BCUT2D eigenvalue weighted by atomic mass is 16.7. The third-order valence-electron chi connectivity index (χ3n) is 4.38. The van der Waals surface area contributed by atoms with E-state index in [1.54, 1.807) is 18.2 Å². The van der Waals surface area contributed by atoms with Gasteiger partial charge in [0, 0.05) is 11.8 Å². The van der Waals surface area contributed by atoms with Crippen LogP contribution >= 0.6 is 0 Å². The Labute approximate surface area is 169 Å². The van der Waals surface area contributed by atoms with E-state index in [-0.39, 0.29) is 18.1 Å². The number of anilines is 1. The predicted molar refractivity (Wildman–Crippen MR) is 100 cm³/mol. The van der Waals surface area contributed by atoms with E-state index in [1.807, 2.05) is 0 Å². The van der Waals surface area contributed by atoms with Crippen molar-refractivity contribution in [2.75, 3.05) is 18.7 Å². The molecule has 1 fully saturated rings. The van der Waals surface area contributed by atoms with Crippen molar-refractivity contribution in [3.05, 3.63) is 59.3 Å². The molecule has 30 heavy (non-hydrogen) atoms. The first-order valence-corrected chi connectivity index (χ1v) is 8.76. The number of rotatable bonds is 5. The van der Waals surface area contributed by atoms with Gasteiger partial charge in [-0.2, -0.15) is 0 Å². The number of urea groups is 1. The van der Waals surface area contributed by atoms with Gasteiger partial charge in [-0.05, 0) is 29.3 Å². The van der Waals surface area contributed by atoms with Crippen LogP contribution in [0.2, 0.25) is 0 Å². The Bertz CT molecular complexity index is 1090. The molecule has 2 aliphatic heterocycles. The van der Waals surface area contributed by atoms with Gasteiger partial charge in [-0.3, -0.25) is 9.59 Å². The number of carbonyl (C=O) groups is 4. The van der Waals surface area contributed by atoms with E-state index in [9.17, 15) is 24.3 Å². The Hall–Kier alpha value is -4.34. The minimum Gasteiger partial charge on any atom is -0.545 e. The lowest BCUT2D eigenvalue weighted by atomic mass is 10.1. The van der Waals surface area contributed by atoms with Crippen molar-refractivity contribution < 1.29 is 33.8 Å². The molecule has 0 saturated carbocycles. The summed E-state index contributed by atoms with van der Waals surface area (Å²) in [5.41, 5.74) is 0.883. The summed E-state index contributed by atoms with van der Waals surface area (Å²) >= 11 is 0. The standard InChI is InChI=1S/C20H15N3O7/c24-17(21-13-5-6-15-16(8-13)30-10-29-15)9-23-18(25)14(22-20(23)28)7-11-1-3-12(4-2-11)19(26)27/h1-8H,9-10H2,(H,21,24)(H,22,28)(H,26,27)/p-1/b14-7-. The number of imide groups is 1. The highest BCUT2D eigenvalue weighted by Crippen LogP contribution is 2.34. The lowest BCUT2D eigenvalue weighted by molar-refractivity contribution is -0.255. The van der Waals surface area contributed by atoms with Crippen LogP contribution in [0.3, 0.4) is 0 Å². The van der Waals surface area contributed by atoms with E-state index in [0.29, 0.717) is 22.7 Å². The van der Waals surface area contributed by atoms with Crippen LogP contribution in [0.25, 0.3) is 6.08 Å². The number of carboxylic acid groups (broad SMARTS) is 1. The number of hydrogen-bond donors (Lipinski definition) is 2. The normalized spacial score (nSPS) is 16.0. The van der Waals surface area contributed by atoms with E-state index in [0.717, 1.165) is 4.90 Å². The molecule has 152 valence electrons. The maximum atomic E-state index is 12.5. The molecule has 2 N–H and O–H groups in total. The highest BCUT2D eigenvalue weighted by Gasteiger charge is 2.35. The fourth-order valence-electron chi connectivity index (χ4n) is 2.92. The number of fused-ring (bicyclic) bond motifs is 1. The average molecular weight is 408 g/mol. The monoisotopic (exact) mass is 408 g/mol. The summed E-state index contributed by atoms with van der Waals surface area (Å²) in [7, 11) is 0. The maximum Gasteiger partial charge on any atom is 0.329 e. The molecule has 2 heterocycles. The zero-order chi connectivity index (χ0) is 21.3. The Morgan fingerprint density at radius 2 is 1.83 bits per heavy atom. The summed E-state index contributed by atoms with van der Waals surface area (Å²) in [6, 6.07) is 9.65. The van der Waals surface area contributed by atoms with Gasteiger partial charge in [0.05, 0.1) is 5.97 Å². The first kappa shape index (κ1) is 19.0. The van der Waals surface area contributed by atoms with Crippen LogP contribution < -0.4 is 25.2 Å². The molecule has 0 bridgehead atoms. The Kier molecular flexibility index (Phi) is 4.80. The molecule has 4 rings (SSSR count). The summed E-state index contributed by atoms with van der Waals surface area (Å²) in [4.78, 5) is 48.5. The van der Waals surface area contributed by atoms with Crippen molar-refractivity contribution in [2.24, 2.45) is 0 Å². The topological polar surface area (TPSA) is 137 Å². The SMILES string of the molecule is O=C(CN1C(=O)N/C(=C\c2ccc(C(=O)[O-])cc2)C1=O)Nc1ccc2c(c1)OCO2. The summed E-state index contributed by atoms with van der Waals surface area (Å²) in [6.45, 7) is -0.389. The van der Waals surface area contributed by atoms with Crippen LogP contribution in [0.1, 0.15) is 15.9 Å². The van der Waals surface area contributed by atoms with Gasteiger partial charge in [-0.25, -0.2) is 9.69 Å². The number of aromatic carboxylic acids is 1. The van der Waals surface area contributed by atoms with Gasteiger partial charge in [0.2, 0.25) is 12.7 Å². The second-order valence-corrected chi connectivity index (χ2v) is 6.41. The molecule has 10 nitrogen and oxygen atoms in total. The fourth-order valence-corrected chi connectivity index (χ4v) is 2.92. The van der Waals surface area contributed by atoms with Crippen LogP contribution in [0.15, 0.2) is 48.2 Å². The molecule has 10 heteroatoms. The summed E-state index contributed by atoms with van der Waals surface area (Å²) in [6.07, 6.45) is 1.38. The molecule has 0 radical (unpaired) electrons. The number of hydrogen-bond acceptors (Lipinski definition) is 7. The lowest BCUT2D eigenvalue weighted by Crippen LogP contribution is -2.38. The zero-order valence-corrected chi connectivity index (χ0v) is 15.3. The van der Waals surface area contributed by atoms with Gasteiger partial charge in [0.15, 0.2) is 11.5 Å². The number of ether oxygens (including phenoxy) is 2. The second kappa shape index (κ2) is 7.59. The average Bonchev–Trinajstić information content (AvgIpc) is 3.28. The third-order valence-corrected chi connectivity index (χ3v) is 4.38. The van der Waals surface area contributed by atoms with Gasteiger partial charge in [0.1, 0.15) is 12.2 Å². The molecular weight excluding hydrogens is 394 g/mol. The quantitative estimate of drug-likeness (QED) is 0.537. The van der Waals surface area contributed by atoms with Crippen molar-refractivity contribution in [3.8, 4) is 11.5 Å². The van der Waals surface area contributed by atoms with E-state index in [4.69, 9.17) is 9.47 Å². The predicted octanol–water partition coefficient (Wildman–Crippen LogP) is 0.310. The number of amides is 4. The number of benzene rings is 2. The number of carboxylic acids is 1. The van der Waals surface area contributed by atoms with Gasteiger partial charge in [-0.15, -0.1) is 0 Å². The van der Waals surface area contributed by atoms with E-state index in [2.05, 4.69) is 10.6 Å². The molecule has 2 aromatic rings. The van der Waals surface area contributed by atoms with Crippen LogP contribution in [0, 0.1) is 0 Å². The molecule has 0 spiro atoms. The number of carbonyl (C=O) groups excluding carboxylic acids is 4. The van der Waals surface area contributed by atoms with Crippen molar-refractivity contribution in [1.82, 2.24) is 10.2 Å². The molecule has 0 aromatic heterocycles. The van der Waals surface area contributed by atoms with Gasteiger partial charge >= 0.3 is 6.03 Å². The van der Waals surface area contributed by atoms with E-state index >= 15 is 0 Å². The molecule has 4 amide bonds. The molecule has 0 atom stereocenters. The van der Waals surface area contributed by atoms with E-state index < -0.39 is 30.4 Å². The largest absolute Gasteiger partial charge is 0.545 e. The Balaban J connectivity index is 1.42. The highest BCUT2D eigenvalue weighted by molar-refractivity contribution is 6.16. The first-order chi connectivity index (χ1) is 14.4. The van der Waals surface area contributed by atoms with Crippen molar-refractivity contribution in [3.63, 3.8) is 0 Å². The fraction of sp³-hybridized carbons (Fsp3) is 0.100. The summed E-state index contributed by atoms with van der Waals surface area (Å²) < 4.78 is 10.4.